The monoisotopic (exact) mass is 248 g/mol. The summed E-state index contributed by atoms with van der Waals surface area (Å²) in [5, 5.41) is 13.0. The highest BCUT2D eigenvalue weighted by molar-refractivity contribution is 5.79. The first kappa shape index (κ1) is 12.9. The number of phenols is 1. The predicted octanol–water partition coefficient (Wildman–Crippen LogP) is 1.52. The zero-order valence-corrected chi connectivity index (χ0v) is 10.9. The van der Waals surface area contributed by atoms with Crippen LogP contribution in [0.25, 0.3) is 0 Å². The minimum atomic E-state index is -0.112. The zero-order valence-electron chi connectivity index (χ0n) is 10.9. The maximum Gasteiger partial charge on any atom is 0.227 e. The number of carbonyl (C=O) groups excluding carboxylic acids is 1. The number of hydrogen-bond donors (Lipinski definition) is 2. The molecule has 0 aromatic heterocycles. The Morgan fingerprint density at radius 1 is 1.50 bits per heavy atom. The van der Waals surface area contributed by atoms with Crippen LogP contribution in [0, 0.1) is 5.92 Å². The molecule has 0 saturated carbocycles. The van der Waals surface area contributed by atoms with E-state index in [1.165, 1.54) is 0 Å². The lowest BCUT2D eigenvalue weighted by Gasteiger charge is -2.28. The fourth-order valence-electron chi connectivity index (χ4n) is 2.39. The van der Waals surface area contributed by atoms with Crippen LogP contribution in [0.3, 0.4) is 0 Å². The second-order valence-electron chi connectivity index (χ2n) is 4.87. The number of nitrogens with zero attached hydrogens (tertiary/aromatic N) is 1. The number of amides is 1. The van der Waals surface area contributed by atoms with Gasteiger partial charge in [-0.05, 0) is 26.0 Å². The smallest absolute Gasteiger partial charge is 0.227 e. The van der Waals surface area contributed by atoms with Crippen LogP contribution in [0.15, 0.2) is 24.3 Å². The summed E-state index contributed by atoms with van der Waals surface area (Å²) in [5.74, 6) is 0.466. The van der Waals surface area contributed by atoms with E-state index in [1.54, 1.807) is 24.1 Å². The Morgan fingerprint density at radius 3 is 2.83 bits per heavy atom. The summed E-state index contributed by atoms with van der Waals surface area (Å²) in [5.41, 5.74) is 0.791. The molecule has 1 saturated heterocycles. The summed E-state index contributed by atoms with van der Waals surface area (Å²) in [6.07, 6.45) is 0.899. The van der Waals surface area contributed by atoms with Crippen molar-refractivity contribution in [1.29, 1.82) is 0 Å². The van der Waals surface area contributed by atoms with Gasteiger partial charge in [-0.25, -0.2) is 0 Å². The highest BCUT2D eigenvalue weighted by Gasteiger charge is 2.28. The van der Waals surface area contributed by atoms with Crippen molar-refractivity contribution in [3.05, 3.63) is 29.8 Å². The lowest BCUT2D eigenvalue weighted by Crippen LogP contribution is -2.35. The third-order valence-corrected chi connectivity index (χ3v) is 3.72. The van der Waals surface area contributed by atoms with Gasteiger partial charge in [0, 0.05) is 19.2 Å². The van der Waals surface area contributed by atoms with Gasteiger partial charge in [-0.3, -0.25) is 4.79 Å². The van der Waals surface area contributed by atoms with E-state index in [4.69, 9.17) is 0 Å². The molecule has 2 unspecified atom stereocenters. The molecular weight excluding hydrogens is 228 g/mol. The summed E-state index contributed by atoms with van der Waals surface area (Å²) in [7, 11) is 1.80. The Labute approximate surface area is 108 Å². The molecule has 0 aliphatic carbocycles. The third kappa shape index (κ3) is 2.48. The van der Waals surface area contributed by atoms with Gasteiger partial charge in [-0.15, -0.1) is 0 Å². The summed E-state index contributed by atoms with van der Waals surface area (Å²) in [6, 6.07) is 7.06. The van der Waals surface area contributed by atoms with Crippen LogP contribution in [0.1, 0.15) is 24.9 Å². The first-order chi connectivity index (χ1) is 8.61. The van der Waals surface area contributed by atoms with E-state index in [2.05, 4.69) is 5.32 Å². The molecule has 1 aromatic rings. The second-order valence-corrected chi connectivity index (χ2v) is 4.87. The Morgan fingerprint density at radius 2 is 2.22 bits per heavy atom. The van der Waals surface area contributed by atoms with Crippen molar-refractivity contribution in [1.82, 2.24) is 10.2 Å². The van der Waals surface area contributed by atoms with E-state index < -0.39 is 0 Å². The topological polar surface area (TPSA) is 52.6 Å². The van der Waals surface area contributed by atoms with Crippen molar-refractivity contribution in [2.24, 2.45) is 5.92 Å². The molecular formula is C14H20N2O2. The normalized spacial score (nSPS) is 20.7. The fraction of sp³-hybridized carbons (Fsp3) is 0.500. The van der Waals surface area contributed by atoms with Gasteiger partial charge in [0.15, 0.2) is 0 Å². The Balaban J connectivity index is 2.10. The number of para-hydroxylation sites is 1. The Kier molecular flexibility index (Phi) is 3.87. The highest BCUT2D eigenvalue weighted by atomic mass is 16.3. The van der Waals surface area contributed by atoms with Gasteiger partial charge in [0.2, 0.25) is 5.91 Å². The number of nitrogens with one attached hydrogen (secondary N) is 1. The average molecular weight is 248 g/mol. The number of aromatic hydroxyl groups is 1. The van der Waals surface area contributed by atoms with Crippen molar-refractivity contribution in [3.8, 4) is 5.75 Å². The van der Waals surface area contributed by atoms with Crippen molar-refractivity contribution in [2.45, 2.75) is 19.4 Å². The fourth-order valence-corrected chi connectivity index (χ4v) is 2.39. The molecule has 2 atom stereocenters. The van der Waals surface area contributed by atoms with Crippen LogP contribution in [0.2, 0.25) is 0 Å². The molecule has 18 heavy (non-hydrogen) atoms. The highest BCUT2D eigenvalue weighted by Crippen LogP contribution is 2.28. The van der Waals surface area contributed by atoms with Gasteiger partial charge in [0.25, 0.3) is 0 Å². The quantitative estimate of drug-likeness (QED) is 0.852. The number of hydrogen-bond acceptors (Lipinski definition) is 3. The molecule has 0 bridgehead atoms. The van der Waals surface area contributed by atoms with Gasteiger partial charge < -0.3 is 15.3 Å². The van der Waals surface area contributed by atoms with Gasteiger partial charge in [-0.1, -0.05) is 18.2 Å². The van der Waals surface area contributed by atoms with Crippen LogP contribution < -0.4 is 5.32 Å². The molecule has 4 nitrogen and oxygen atoms in total. The second kappa shape index (κ2) is 5.40. The molecule has 1 aliphatic heterocycles. The summed E-state index contributed by atoms with van der Waals surface area (Å²) < 4.78 is 0. The Bertz CT molecular complexity index is 428. The van der Waals surface area contributed by atoms with E-state index in [-0.39, 0.29) is 23.6 Å². The van der Waals surface area contributed by atoms with Crippen molar-refractivity contribution in [2.75, 3.05) is 20.1 Å². The third-order valence-electron chi connectivity index (χ3n) is 3.72. The van der Waals surface area contributed by atoms with Crippen LogP contribution >= 0.6 is 0 Å². The van der Waals surface area contributed by atoms with Gasteiger partial charge in [0.05, 0.1) is 12.0 Å². The average Bonchev–Trinajstić information content (AvgIpc) is 2.90. The van der Waals surface area contributed by atoms with Crippen LogP contribution in [0.5, 0.6) is 5.75 Å². The standard InChI is InChI=1S/C14H20N2O2/c1-10(12-5-3-4-6-13(12)17)16(2)14(18)11-7-8-15-9-11/h3-6,10-11,15,17H,7-9H2,1-2H3. The summed E-state index contributed by atoms with van der Waals surface area (Å²) in [6.45, 7) is 3.61. The molecule has 2 rings (SSSR count). The molecule has 1 amide bonds. The van der Waals surface area contributed by atoms with E-state index in [0.717, 1.165) is 25.1 Å². The van der Waals surface area contributed by atoms with Gasteiger partial charge in [0.1, 0.15) is 5.75 Å². The molecule has 2 N–H and O–H groups in total. The summed E-state index contributed by atoms with van der Waals surface area (Å²) >= 11 is 0. The number of rotatable bonds is 3. The molecule has 4 heteroatoms. The van der Waals surface area contributed by atoms with E-state index >= 15 is 0 Å². The first-order valence-electron chi connectivity index (χ1n) is 6.36. The minimum Gasteiger partial charge on any atom is -0.508 e. The summed E-state index contributed by atoms with van der Waals surface area (Å²) in [4.78, 5) is 14.0. The van der Waals surface area contributed by atoms with Gasteiger partial charge >= 0.3 is 0 Å². The van der Waals surface area contributed by atoms with Crippen LogP contribution in [-0.4, -0.2) is 36.1 Å². The minimum absolute atomic E-state index is 0.0725. The number of benzene rings is 1. The molecule has 1 heterocycles. The lowest BCUT2D eigenvalue weighted by molar-refractivity contribution is -0.135. The molecule has 1 aliphatic rings. The first-order valence-corrected chi connectivity index (χ1v) is 6.36. The van der Waals surface area contributed by atoms with Crippen LogP contribution in [0.4, 0.5) is 0 Å². The lowest BCUT2D eigenvalue weighted by atomic mass is 10.0. The number of phenolic OH excluding ortho intramolecular Hbond substituents is 1. The van der Waals surface area contributed by atoms with Crippen molar-refractivity contribution >= 4 is 5.91 Å². The van der Waals surface area contributed by atoms with Gasteiger partial charge in [-0.2, -0.15) is 0 Å². The molecule has 98 valence electrons. The van der Waals surface area contributed by atoms with E-state index in [9.17, 15) is 9.90 Å². The maximum absolute atomic E-state index is 12.3. The predicted molar refractivity (Wildman–Crippen MR) is 70.3 cm³/mol. The van der Waals surface area contributed by atoms with Crippen molar-refractivity contribution in [3.63, 3.8) is 0 Å². The largest absolute Gasteiger partial charge is 0.508 e. The zero-order chi connectivity index (χ0) is 13.1. The molecule has 1 aromatic carbocycles. The molecule has 0 radical (unpaired) electrons. The van der Waals surface area contributed by atoms with E-state index in [0.29, 0.717) is 0 Å². The van der Waals surface area contributed by atoms with Crippen LogP contribution in [-0.2, 0) is 4.79 Å². The Hall–Kier alpha value is -1.55. The molecule has 1 fully saturated rings. The maximum atomic E-state index is 12.3. The van der Waals surface area contributed by atoms with Crippen molar-refractivity contribution < 1.29 is 9.90 Å². The van der Waals surface area contributed by atoms with E-state index in [1.807, 2.05) is 19.1 Å². The number of carbonyl (C=O) groups is 1. The molecule has 0 spiro atoms. The SMILES string of the molecule is CC(c1ccccc1O)N(C)C(=O)C1CCNC1.